The fourth-order valence-electron chi connectivity index (χ4n) is 1.42. The molecule has 0 fully saturated rings. The molecule has 1 aromatic rings. The average molecular weight is 250 g/mol. The number of ether oxygens (including phenoxy) is 1. The largest absolute Gasteiger partial charge is 0.444 e. The van der Waals surface area contributed by atoms with Crippen LogP contribution in [0.25, 0.3) is 0 Å². The van der Waals surface area contributed by atoms with Crippen LogP contribution < -0.4 is 0 Å². The first-order chi connectivity index (χ1) is 8.27. The topological polar surface area (TPSA) is 41.9 Å². The van der Waals surface area contributed by atoms with Gasteiger partial charge in [0.1, 0.15) is 6.61 Å². The molecule has 0 aromatic heterocycles. The van der Waals surface area contributed by atoms with Crippen LogP contribution in [0.3, 0.4) is 0 Å². The Morgan fingerprint density at radius 1 is 1.47 bits per heavy atom. The highest BCUT2D eigenvalue weighted by Gasteiger charge is 2.19. The maximum Gasteiger partial charge on any atom is 0.415 e. The SMILES string of the molecule is CN(C(=O)OCc1ccccc1)C1=NCCS1. The van der Waals surface area contributed by atoms with E-state index in [1.807, 2.05) is 30.3 Å². The molecule has 0 spiro atoms. The zero-order valence-corrected chi connectivity index (χ0v) is 10.4. The van der Waals surface area contributed by atoms with Crippen LogP contribution in [0.5, 0.6) is 0 Å². The molecular weight excluding hydrogens is 236 g/mol. The van der Waals surface area contributed by atoms with Gasteiger partial charge in [-0.3, -0.25) is 9.89 Å². The number of benzene rings is 1. The molecule has 17 heavy (non-hydrogen) atoms. The van der Waals surface area contributed by atoms with Gasteiger partial charge < -0.3 is 4.74 Å². The summed E-state index contributed by atoms with van der Waals surface area (Å²) in [6.07, 6.45) is -0.359. The summed E-state index contributed by atoms with van der Waals surface area (Å²) in [6.45, 7) is 1.07. The third-order valence-corrected chi connectivity index (χ3v) is 3.38. The fourth-order valence-corrected chi connectivity index (χ4v) is 2.24. The number of carbonyl (C=O) groups excluding carboxylic acids is 1. The zero-order chi connectivity index (χ0) is 12.1. The van der Waals surface area contributed by atoms with Crippen molar-refractivity contribution in [2.75, 3.05) is 19.3 Å². The quantitative estimate of drug-likeness (QED) is 0.809. The van der Waals surface area contributed by atoms with Crippen molar-refractivity contribution in [1.29, 1.82) is 0 Å². The molecule has 0 radical (unpaired) electrons. The van der Waals surface area contributed by atoms with Crippen molar-refractivity contribution in [1.82, 2.24) is 4.90 Å². The van der Waals surface area contributed by atoms with E-state index in [1.54, 1.807) is 18.8 Å². The number of nitrogens with zero attached hydrogens (tertiary/aromatic N) is 2. The first kappa shape index (κ1) is 12.0. The highest BCUT2D eigenvalue weighted by molar-refractivity contribution is 8.14. The summed E-state index contributed by atoms with van der Waals surface area (Å²) in [4.78, 5) is 17.4. The van der Waals surface area contributed by atoms with Crippen molar-refractivity contribution in [2.24, 2.45) is 4.99 Å². The molecule has 1 aliphatic rings. The Labute approximate surface area is 105 Å². The molecule has 5 heteroatoms. The number of amidine groups is 1. The second-order valence-corrected chi connectivity index (χ2v) is 4.67. The maximum atomic E-state index is 11.7. The minimum absolute atomic E-state index is 0.294. The Hall–Kier alpha value is -1.49. The number of rotatable bonds is 2. The summed E-state index contributed by atoms with van der Waals surface area (Å²) >= 11 is 1.58. The predicted octanol–water partition coefficient (Wildman–Crippen LogP) is 2.36. The van der Waals surface area contributed by atoms with E-state index in [2.05, 4.69) is 4.99 Å². The molecule has 0 atom stereocenters. The lowest BCUT2D eigenvalue weighted by Gasteiger charge is -2.15. The van der Waals surface area contributed by atoms with Gasteiger partial charge in [-0.15, -0.1) is 0 Å². The standard InChI is InChI=1S/C12H14N2O2S/c1-14(11-13-7-8-17-11)12(15)16-9-10-5-3-2-4-6-10/h2-6H,7-9H2,1H3. The second kappa shape index (κ2) is 5.72. The van der Waals surface area contributed by atoms with E-state index in [0.717, 1.165) is 23.0 Å². The number of carbonyl (C=O) groups is 1. The zero-order valence-electron chi connectivity index (χ0n) is 9.63. The van der Waals surface area contributed by atoms with Crippen LogP contribution in [0.4, 0.5) is 4.79 Å². The molecule has 1 amide bonds. The van der Waals surface area contributed by atoms with E-state index in [9.17, 15) is 4.79 Å². The van der Waals surface area contributed by atoms with Gasteiger partial charge in [-0.05, 0) is 5.56 Å². The molecule has 4 nitrogen and oxygen atoms in total. The van der Waals surface area contributed by atoms with Crippen LogP contribution in [0.15, 0.2) is 35.3 Å². The Bertz CT molecular complexity index is 420. The van der Waals surface area contributed by atoms with Crippen LogP contribution >= 0.6 is 11.8 Å². The lowest BCUT2D eigenvalue weighted by molar-refractivity contribution is 0.122. The van der Waals surface area contributed by atoms with Crippen molar-refractivity contribution in [2.45, 2.75) is 6.61 Å². The van der Waals surface area contributed by atoms with Crippen molar-refractivity contribution in [3.63, 3.8) is 0 Å². The summed E-state index contributed by atoms with van der Waals surface area (Å²) in [6, 6.07) is 9.62. The Kier molecular flexibility index (Phi) is 4.03. The normalized spacial score (nSPS) is 14.3. The molecule has 90 valence electrons. The van der Waals surface area contributed by atoms with E-state index < -0.39 is 0 Å². The number of thioether (sulfide) groups is 1. The van der Waals surface area contributed by atoms with E-state index in [0.29, 0.717) is 6.61 Å². The molecule has 0 N–H and O–H groups in total. The number of hydrogen-bond donors (Lipinski definition) is 0. The molecule has 1 heterocycles. The molecule has 0 saturated carbocycles. The van der Waals surface area contributed by atoms with Gasteiger partial charge in [0.25, 0.3) is 0 Å². The third-order valence-electron chi connectivity index (χ3n) is 2.34. The van der Waals surface area contributed by atoms with Gasteiger partial charge >= 0.3 is 6.09 Å². The van der Waals surface area contributed by atoms with Crippen molar-refractivity contribution in [3.8, 4) is 0 Å². The highest BCUT2D eigenvalue weighted by atomic mass is 32.2. The lowest BCUT2D eigenvalue weighted by atomic mass is 10.2. The highest BCUT2D eigenvalue weighted by Crippen LogP contribution is 2.15. The first-order valence-corrected chi connectivity index (χ1v) is 6.37. The summed E-state index contributed by atoms with van der Waals surface area (Å²) in [5.74, 6) is 0.936. The number of amides is 1. The maximum absolute atomic E-state index is 11.7. The van der Waals surface area contributed by atoms with E-state index in [-0.39, 0.29) is 6.09 Å². The molecular formula is C12H14N2O2S. The molecule has 0 aliphatic carbocycles. The summed E-state index contributed by atoms with van der Waals surface area (Å²) < 4.78 is 5.20. The number of hydrogen-bond acceptors (Lipinski definition) is 4. The minimum atomic E-state index is -0.359. The molecule has 2 rings (SSSR count). The first-order valence-electron chi connectivity index (χ1n) is 5.39. The van der Waals surface area contributed by atoms with Crippen LogP contribution in [0.2, 0.25) is 0 Å². The summed E-state index contributed by atoms with van der Waals surface area (Å²) in [5, 5.41) is 0.739. The van der Waals surface area contributed by atoms with Gasteiger partial charge in [-0.2, -0.15) is 0 Å². The van der Waals surface area contributed by atoms with Crippen LogP contribution in [0, 0.1) is 0 Å². The van der Waals surface area contributed by atoms with Crippen LogP contribution in [-0.2, 0) is 11.3 Å². The van der Waals surface area contributed by atoms with Gasteiger partial charge in [-0.1, -0.05) is 42.1 Å². The number of aliphatic imine (C=N–C) groups is 1. The van der Waals surface area contributed by atoms with E-state index in [4.69, 9.17) is 4.74 Å². The molecule has 0 saturated heterocycles. The molecule has 0 unspecified atom stereocenters. The third kappa shape index (κ3) is 3.23. The van der Waals surface area contributed by atoms with Crippen molar-refractivity contribution < 1.29 is 9.53 Å². The van der Waals surface area contributed by atoms with Crippen LogP contribution in [-0.4, -0.2) is 35.5 Å². The minimum Gasteiger partial charge on any atom is -0.444 e. The van der Waals surface area contributed by atoms with Gasteiger partial charge in [0.15, 0.2) is 5.17 Å². The van der Waals surface area contributed by atoms with E-state index in [1.165, 1.54) is 4.90 Å². The van der Waals surface area contributed by atoms with Crippen molar-refractivity contribution in [3.05, 3.63) is 35.9 Å². The molecule has 1 aromatic carbocycles. The Morgan fingerprint density at radius 2 is 2.24 bits per heavy atom. The predicted molar refractivity (Wildman–Crippen MR) is 69.2 cm³/mol. The summed E-state index contributed by atoms with van der Waals surface area (Å²) in [5.41, 5.74) is 0.982. The second-order valence-electron chi connectivity index (χ2n) is 3.61. The van der Waals surface area contributed by atoms with Gasteiger partial charge in [0.05, 0.1) is 6.54 Å². The molecule has 0 bridgehead atoms. The molecule has 1 aliphatic heterocycles. The monoisotopic (exact) mass is 250 g/mol. The lowest BCUT2D eigenvalue weighted by Crippen LogP contribution is -2.30. The van der Waals surface area contributed by atoms with E-state index >= 15 is 0 Å². The summed E-state index contributed by atoms with van der Waals surface area (Å²) in [7, 11) is 1.68. The van der Waals surface area contributed by atoms with Gasteiger partial charge in [0, 0.05) is 12.8 Å². The Balaban J connectivity index is 1.85. The van der Waals surface area contributed by atoms with Crippen molar-refractivity contribution >= 4 is 23.0 Å². The van der Waals surface area contributed by atoms with Crippen LogP contribution in [0.1, 0.15) is 5.56 Å². The Morgan fingerprint density at radius 3 is 2.88 bits per heavy atom. The fraction of sp³-hybridized carbons (Fsp3) is 0.333. The smallest absolute Gasteiger partial charge is 0.415 e. The van der Waals surface area contributed by atoms with Gasteiger partial charge in [-0.25, -0.2) is 4.79 Å². The average Bonchev–Trinajstić information content (AvgIpc) is 2.90. The van der Waals surface area contributed by atoms with Gasteiger partial charge in [0.2, 0.25) is 0 Å².